The maximum atomic E-state index is 11.3. The number of hydrogen-bond acceptors (Lipinski definition) is 2. The van der Waals surface area contributed by atoms with Crippen LogP contribution in [0.5, 0.6) is 0 Å². The van der Waals surface area contributed by atoms with Crippen molar-refractivity contribution in [1.82, 2.24) is 0 Å². The summed E-state index contributed by atoms with van der Waals surface area (Å²) in [6.07, 6.45) is 1.02. The summed E-state index contributed by atoms with van der Waals surface area (Å²) in [5.74, 6) is -0.821. The second-order valence-electron chi connectivity index (χ2n) is 3.92. The van der Waals surface area contributed by atoms with Gasteiger partial charge in [0.15, 0.2) is 0 Å². The number of carboxylic acids is 1. The normalized spacial score (nSPS) is 11.2. The fourth-order valence-corrected chi connectivity index (χ4v) is 1.70. The van der Waals surface area contributed by atoms with E-state index in [2.05, 4.69) is 0 Å². The molecule has 0 aliphatic heterocycles. The fraction of sp³-hybridized carbons (Fsp3) is 0.750. The molecule has 0 aromatic carbocycles. The van der Waals surface area contributed by atoms with Crippen LogP contribution >= 0.6 is 0 Å². The highest BCUT2D eigenvalue weighted by Crippen LogP contribution is 2.08. The highest BCUT2D eigenvalue weighted by atomic mass is 28.3. The quantitative estimate of drug-likeness (QED) is 0.668. The maximum Gasteiger partial charge on any atom is 0.303 e. The van der Waals surface area contributed by atoms with Gasteiger partial charge in [-0.15, -0.1) is 0 Å². The van der Waals surface area contributed by atoms with E-state index in [1.54, 1.807) is 0 Å². The van der Waals surface area contributed by atoms with E-state index >= 15 is 0 Å². The molecule has 4 heteroatoms. The summed E-state index contributed by atoms with van der Waals surface area (Å²) in [6, 6.07) is 0. The van der Waals surface area contributed by atoms with Gasteiger partial charge >= 0.3 is 5.97 Å². The first-order valence-electron chi connectivity index (χ1n) is 4.09. The number of hydrogen-bond donors (Lipinski definition) is 1. The predicted octanol–water partition coefficient (Wildman–Crippen LogP) is 1.69. The van der Waals surface area contributed by atoms with Crippen molar-refractivity contribution in [3.63, 3.8) is 0 Å². The molecule has 0 aliphatic rings. The number of aliphatic carboxylic acids is 1. The predicted molar refractivity (Wildman–Crippen MR) is 49.8 cm³/mol. The molecule has 12 heavy (non-hydrogen) atoms. The molecule has 0 rings (SSSR count). The van der Waals surface area contributed by atoms with Crippen molar-refractivity contribution in [2.24, 2.45) is 0 Å². The summed E-state index contributed by atoms with van der Waals surface area (Å²) in [5, 5.41) is 8.60. The molecule has 0 spiro atoms. The molecule has 0 saturated carbocycles. The molecule has 0 bridgehead atoms. The highest BCUT2D eigenvalue weighted by molar-refractivity contribution is 7.03. The molecular formula is C8H16O3Si. The van der Waals surface area contributed by atoms with E-state index in [0.29, 0.717) is 12.8 Å². The van der Waals surface area contributed by atoms with Gasteiger partial charge in [0.2, 0.25) is 0 Å². The lowest BCUT2D eigenvalue weighted by atomic mass is 10.2. The van der Waals surface area contributed by atoms with E-state index in [0.717, 1.165) is 0 Å². The van der Waals surface area contributed by atoms with Crippen molar-refractivity contribution in [3.05, 3.63) is 0 Å². The summed E-state index contributed by atoms with van der Waals surface area (Å²) in [5.41, 5.74) is 0. The van der Waals surface area contributed by atoms with E-state index in [1.807, 2.05) is 19.6 Å². The van der Waals surface area contributed by atoms with Gasteiger partial charge in [0.25, 0.3) is 0 Å². The zero-order chi connectivity index (χ0) is 9.78. The van der Waals surface area contributed by atoms with Crippen molar-refractivity contribution >= 4 is 19.4 Å². The Morgan fingerprint density at radius 3 is 2.00 bits per heavy atom. The van der Waals surface area contributed by atoms with E-state index < -0.39 is 14.0 Å². The van der Waals surface area contributed by atoms with Crippen molar-refractivity contribution in [1.29, 1.82) is 0 Å². The molecule has 1 N–H and O–H groups in total. The lowest BCUT2D eigenvalue weighted by molar-refractivity contribution is -0.137. The van der Waals surface area contributed by atoms with Crippen LogP contribution in [0, 0.1) is 0 Å². The third kappa shape index (κ3) is 5.07. The first kappa shape index (κ1) is 11.4. The van der Waals surface area contributed by atoms with Crippen LogP contribution in [0.25, 0.3) is 0 Å². The van der Waals surface area contributed by atoms with Gasteiger partial charge in [-0.1, -0.05) is 19.6 Å². The highest BCUT2D eigenvalue weighted by Gasteiger charge is 2.23. The smallest absolute Gasteiger partial charge is 0.303 e. The minimum Gasteiger partial charge on any atom is -0.481 e. The Hall–Kier alpha value is -0.643. The molecule has 0 aliphatic carbocycles. The van der Waals surface area contributed by atoms with Gasteiger partial charge in [-0.3, -0.25) is 4.79 Å². The van der Waals surface area contributed by atoms with Gasteiger partial charge in [-0.2, -0.15) is 0 Å². The Labute approximate surface area is 73.8 Å². The van der Waals surface area contributed by atoms with Gasteiger partial charge in [0.1, 0.15) is 13.5 Å². The van der Waals surface area contributed by atoms with E-state index in [4.69, 9.17) is 5.11 Å². The lowest BCUT2D eigenvalue weighted by Gasteiger charge is -2.12. The Kier molecular flexibility index (Phi) is 4.16. The molecule has 0 radical (unpaired) electrons. The van der Waals surface area contributed by atoms with Crippen LogP contribution < -0.4 is 0 Å². The van der Waals surface area contributed by atoms with Crippen LogP contribution in [0.4, 0.5) is 0 Å². The van der Waals surface area contributed by atoms with Gasteiger partial charge in [0.05, 0.1) is 0 Å². The van der Waals surface area contributed by atoms with Crippen molar-refractivity contribution in [2.45, 2.75) is 38.9 Å². The molecule has 70 valence electrons. The second-order valence-corrected chi connectivity index (χ2v) is 8.98. The molecule has 0 fully saturated rings. The number of carbonyl (C=O) groups excluding carboxylic acids is 1. The Bertz CT molecular complexity index is 181. The van der Waals surface area contributed by atoms with Crippen LogP contribution in [0.15, 0.2) is 0 Å². The average molecular weight is 188 g/mol. The summed E-state index contributed by atoms with van der Waals surface area (Å²) < 4.78 is 0. The zero-order valence-corrected chi connectivity index (χ0v) is 8.89. The molecule has 0 aromatic heterocycles. The zero-order valence-electron chi connectivity index (χ0n) is 7.89. The van der Waals surface area contributed by atoms with Crippen LogP contribution in [0.2, 0.25) is 19.6 Å². The van der Waals surface area contributed by atoms with Crippen LogP contribution in [0.3, 0.4) is 0 Å². The molecular weight excluding hydrogens is 172 g/mol. The van der Waals surface area contributed by atoms with E-state index in [9.17, 15) is 9.59 Å². The molecule has 3 nitrogen and oxygen atoms in total. The largest absolute Gasteiger partial charge is 0.481 e. The summed E-state index contributed by atoms with van der Waals surface area (Å²) >= 11 is 0. The lowest BCUT2D eigenvalue weighted by Crippen LogP contribution is -2.33. The maximum absolute atomic E-state index is 11.3. The number of rotatable bonds is 5. The first-order chi connectivity index (χ1) is 5.34. The van der Waals surface area contributed by atoms with Crippen LogP contribution in [0.1, 0.15) is 19.3 Å². The molecule has 0 aromatic rings. The number of carboxylic acid groups (broad SMARTS) is 1. The Balaban J connectivity index is 3.66. The van der Waals surface area contributed by atoms with Crippen LogP contribution in [-0.2, 0) is 9.59 Å². The SMILES string of the molecule is C[Si](C)(C)C(=O)CCCC(=O)O. The summed E-state index contributed by atoms with van der Waals surface area (Å²) in [4.78, 5) is 21.4. The molecule has 0 unspecified atom stereocenters. The average Bonchev–Trinajstić information content (AvgIpc) is 1.84. The third-order valence-electron chi connectivity index (χ3n) is 1.63. The van der Waals surface area contributed by atoms with Gasteiger partial charge in [0, 0.05) is 12.8 Å². The molecule has 0 heterocycles. The minimum absolute atomic E-state index is 0.107. The fourth-order valence-electron chi connectivity index (χ4n) is 0.775. The second kappa shape index (κ2) is 4.40. The van der Waals surface area contributed by atoms with Crippen molar-refractivity contribution < 1.29 is 14.7 Å². The molecule has 0 amide bonds. The van der Waals surface area contributed by atoms with E-state index in [1.165, 1.54) is 0 Å². The standard InChI is InChI=1S/C8H16O3Si/c1-12(2,3)8(11)6-4-5-7(9)10/h4-6H2,1-3H3,(H,9,10). The Morgan fingerprint density at radius 2 is 1.67 bits per heavy atom. The summed E-state index contributed by atoms with van der Waals surface area (Å²) in [7, 11) is -1.66. The number of carbonyl (C=O) groups is 2. The topological polar surface area (TPSA) is 54.4 Å². The molecule has 0 atom stereocenters. The van der Waals surface area contributed by atoms with E-state index in [-0.39, 0.29) is 11.8 Å². The minimum atomic E-state index is -1.66. The molecule has 0 saturated heterocycles. The Morgan fingerprint density at radius 1 is 1.17 bits per heavy atom. The van der Waals surface area contributed by atoms with Crippen molar-refractivity contribution in [3.8, 4) is 0 Å². The van der Waals surface area contributed by atoms with Gasteiger partial charge in [-0.25, -0.2) is 0 Å². The van der Waals surface area contributed by atoms with Crippen molar-refractivity contribution in [2.75, 3.05) is 0 Å². The van der Waals surface area contributed by atoms with Gasteiger partial charge in [-0.05, 0) is 6.42 Å². The van der Waals surface area contributed by atoms with Crippen LogP contribution in [-0.4, -0.2) is 24.6 Å². The summed E-state index contributed by atoms with van der Waals surface area (Å²) in [6.45, 7) is 5.95. The van der Waals surface area contributed by atoms with Gasteiger partial charge < -0.3 is 9.90 Å². The first-order valence-corrected chi connectivity index (χ1v) is 7.59. The third-order valence-corrected chi connectivity index (χ3v) is 3.55. The monoisotopic (exact) mass is 188 g/mol.